The Kier molecular flexibility index (Phi) is 3.20. The maximum atomic E-state index is 4.81. The third kappa shape index (κ3) is 2.10. The van der Waals surface area contributed by atoms with Gasteiger partial charge in [-0.05, 0) is 37.3 Å². The lowest BCUT2D eigenvalue weighted by molar-refractivity contribution is 0.826. The molecule has 0 N–H and O–H groups in total. The summed E-state index contributed by atoms with van der Waals surface area (Å²) in [5.74, 6) is 0. The van der Waals surface area contributed by atoms with Crippen molar-refractivity contribution in [2.75, 3.05) is 0 Å². The number of aryl methyl sites for hydroxylation is 1. The molecule has 0 spiro atoms. The summed E-state index contributed by atoms with van der Waals surface area (Å²) in [7, 11) is 0. The highest BCUT2D eigenvalue weighted by Gasteiger charge is 2.16. The van der Waals surface area contributed by atoms with Crippen LogP contribution < -0.4 is 0 Å². The fourth-order valence-electron chi connectivity index (χ4n) is 5.07. The number of para-hydroxylation sites is 1. The van der Waals surface area contributed by atoms with Crippen molar-refractivity contribution in [2.24, 2.45) is 0 Å². The van der Waals surface area contributed by atoms with Crippen molar-refractivity contribution in [1.29, 1.82) is 0 Å². The van der Waals surface area contributed by atoms with E-state index >= 15 is 0 Å². The van der Waals surface area contributed by atoms with Crippen LogP contribution in [0.4, 0.5) is 0 Å². The van der Waals surface area contributed by atoms with E-state index in [0.29, 0.717) is 0 Å². The molecule has 0 aliphatic rings. The minimum atomic E-state index is 0.940. The Hall–Kier alpha value is -4.12. The lowest BCUT2D eigenvalue weighted by atomic mass is 10.1. The molecule has 0 aliphatic heterocycles. The third-order valence-electron chi connectivity index (χ3n) is 6.40. The molecule has 5 heteroatoms. The average molecular weight is 401 g/mol. The molecule has 0 radical (unpaired) electrons. The van der Waals surface area contributed by atoms with E-state index in [2.05, 4.69) is 94.1 Å². The van der Waals surface area contributed by atoms with Crippen molar-refractivity contribution in [2.45, 2.75) is 13.5 Å². The zero-order chi connectivity index (χ0) is 20.5. The fraction of sp³-hybridized carbons (Fsp3) is 0.0769. The zero-order valence-electron chi connectivity index (χ0n) is 17.0. The highest BCUT2D eigenvalue weighted by molar-refractivity contribution is 6.12. The lowest BCUT2D eigenvalue weighted by Crippen LogP contribution is -1.99. The summed E-state index contributed by atoms with van der Waals surface area (Å²) in [4.78, 5) is 0. The topological polar surface area (TPSA) is 40.0 Å². The monoisotopic (exact) mass is 401 g/mol. The van der Waals surface area contributed by atoms with E-state index in [1.807, 2.05) is 16.9 Å². The molecular formula is C26H19N5. The van der Waals surface area contributed by atoms with E-state index in [0.717, 1.165) is 28.8 Å². The van der Waals surface area contributed by atoms with Gasteiger partial charge in [-0.25, -0.2) is 9.20 Å². The molecule has 0 aliphatic carbocycles. The number of aromatic nitrogens is 5. The van der Waals surface area contributed by atoms with Crippen molar-refractivity contribution in [1.82, 2.24) is 24.0 Å². The van der Waals surface area contributed by atoms with E-state index in [-0.39, 0.29) is 0 Å². The molecule has 7 aromatic rings. The van der Waals surface area contributed by atoms with Gasteiger partial charge in [0.05, 0.1) is 23.6 Å². The highest BCUT2D eigenvalue weighted by atomic mass is 15.3. The van der Waals surface area contributed by atoms with Crippen LogP contribution in [0.3, 0.4) is 0 Å². The summed E-state index contributed by atoms with van der Waals surface area (Å²) in [6.45, 7) is 3.14. The number of fused-ring (bicyclic) bond motifs is 9. The van der Waals surface area contributed by atoms with Gasteiger partial charge in [-0.1, -0.05) is 42.5 Å². The van der Waals surface area contributed by atoms with E-state index in [4.69, 9.17) is 5.10 Å². The van der Waals surface area contributed by atoms with E-state index in [1.165, 1.54) is 32.6 Å². The predicted molar refractivity (Wildman–Crippen MR) is 126 cm³/mol. The van der Waals surface area contributed by atoms with Gasteiger partial charge in [0.2, 0.25) is 0 Å². The Morgan fingerprint density at radius 2 is 1.42 bits per heavy atom. The number of hydrogen-bond acceptors (Lipinski definition) is 2. The van der Waals surface area contributed by atoms with E-state index in [1.54, 1.807) is 0 Å². The van der Waals surface area contributed by atoms with Gasteiger partial charge in [0, 0.05) is 39.1 Å². The van der Waals surface area contributed by atoms with Gasteiger partial charge in [-0.3, -0.25) is 0 Å². The smallest absolute Gasteiger partial charge is 0.112 e. The predicted octanol–water partition coefficient (Wildman–Crippen LogP) is 5.95. The number of rotatable bonds is 2. The Morgan fingerprint density at radius 3 is 2.26 bits per heavy atom. The van der Waals surface area contributed by atoms with Crippen LogP contribution in [0.15, 0.2) is 85.2 Å². The van der Waals surface area contributed by atoms with Crippen molar-refractivity contribution in [3.8, 4) is 5.69 Å². The Bertz CT molecular complexity index is 1780. The second-order valence-electron chi connectivity index (χ2n) is 7.93. The van der Waals surface area contributed by atoms with Crippen molar-refractivity contribution in [3.05, 3.63) is 85.2 Å². The first kappa shape index (κ1) is 16.7. The van der Waals surface area contributed by atoms with Gasteiger partial charge in [-0.2, -0.15) is 10.2 Å². The first-order valence-electron chi connectivity index (χ1n) is 10.6. The molecule has 0 atom stereocenters. The molecule has 4 heterocycles. The number of pyridine rings is 1. The lowest BCUT2D eigenvalue weighted by Gasteiger charge is -2.09. The molecule has 31 heavy (non-hydrogen) atoms. The van der Waals surface area contributed by atoms with E-state index < -0.39 is 0 Å². The minimum absolute atomic E-state index is 0.940. The Morgan fingerprint density at radius 1 is 0.677 bits per heavy atom. The van der Waals surface area contributed by atoms with Gasteiger partial charge < -0.3 is 4.57 Å². The first-order valence-corrected chi connectivity index (χ1v) is 10.6. The molecular weight excluding hydrogens is 382 g/mol. The standard InChI is InChI=1S/C26H19N5/c1-2-29-22-10-6-5-8-19(22)21-15-17(11-12-23(21)29)30-26-20-9-4-3-7-18(20)24-13-14-27-31(24)25(26)16-28-30/h3-16H,2H2,1H3. The zero-order valence-corrected chi connectivity index (χ0v) is 17.0. The molecule has 148 valence electrons. The fourth-order valence-corrected chi connectivity index (χ4v) is 5.07. The van der Waals surface area contributed by atoms with Gasteiger partial charge >= 0.3 is 0 Å². The molecule has 0 bridgehead atoms. The second-order valence-corrected chi connectivity index (χ2v) is 7.93. The maximum absolute atomic E-state index is 4.81. The van der Waals surface area contributed by atoms with Gasteiger partial charge in [0.25, 0.3) is 0 Å². The van der Waals surface area contributed by atoms with Crippen molar-refractivity contribution < 1.29 is 0 Å². The van der Waals surface area contributed by atoms with Crippen LogP contribution in [0.25, 0.3) is 54.8 Å². The van der Waals surface area contributed by atoms with Gasteiger partial charge in [-0.15, -0.1) is 0 Å². The van der Waals surface area contributed by atoms with E-state index in [9.17, 15) is 0 Å². The largest absolute Gasteiger partial charge is 0.341 e. The molecule has 4 aromatic heterocycles. The molecule has 7 rings (SSSR count). The summed E-state index contributed by atoms with van der Waals surface area (Å²) < 4.78 is 6.41. The molecule has 0 saturated heterocycles. The molecule has 0 fully saturated rings. The van der Waals surface area contributed by atoms with Crippen molar-refractivity contribution in [3.63, 3.8) is 0 Å². The Labute approximate surface area is 177 Å². The summed E-state index contributed by atoms with van der Waals surface area (Å²) >= 11 is 0. The highest BCUT2D eigenvalue weighted by Crippen LogP contribution is 2.33. The summed E-state index contributed by atoms with van der Waals surface area (Å²) in [6, 6.07) is 25.8. The average Bonchev–Trinajstić information content (AvgIpc) is 3.54. The normalized spacial score (nSPS) is 12.2. The number of hydrogen-bond donors (Lipinski definition) is 0. The molecule has 5 nitrogen and oxygen atoms in total. The van der Waals surface area contributed by atoms with Crippen LogP contribution in [-0.4, -0.2) is 24.0 Å². The maximum Gasteiger partial charge on any atom is 0.112 e. The van der Waals surface area contributed by atoms with Crippen LogP contribution in [0.1, 0.15) is 6.92 Å². The van der Waals surface area contributed by atoms with Crippen LogP contribution in [0, 0.1) is 0 Å². The quantitative estimate of drug-likeness (QED) is 0.359. The SMILES string of the molecule is CCn1c2ccccc2c2cc(-n3ncc4c3c3ccccc3c3ccnn34)ccc21. The summed E-state index contributed by atoms with van der Waals surface area (Å²) in [5, 5.41) is 14.3. The molecule has 3 aromatic carbocycles. The molecule has 0 saturated carbocycles. The van der Waals surface area contributed by atoms with Crippen LogP contribution in [0.5, 0.6) is 0 Å². The number of benzene rings is 3. The van der Waals surface area contributed by atoms with Crippen LogP contribution in [-0.2, 0) is 6.54 Å². The number of nitrogens with zero attached hydrogens (tertiary/aromatic N) is 5. The van der Waals surface area contributed by atoms with Gasteiger partial charge in [0.1, 0.15) is 11.0 Å². The van der Waals surface area contributed by atoms with Crippen LogP contribution in [0.2, 0.25) is 0 Å². The third-order valence-corrected chi connectivity index (χ3v) is 6.40. The molecule has 0 amide bonds. The summed E-state index contributed by atoms with van der Waals surface area (Å²) in [6.07, 6.45) is 3.77. The molecule has 0 unspecified atom stereocenters. The van der Waals surface area contributed by atoms with Crippen LogP contribution >= 0.6 is 0 Å². The van der Waals surface area contributed by atoms with Crippen molar-refractivity contribution >= 4 is 49.1 Å². The summed E-state index contributed by atoms with van der Waals surface area (Å²) in [5.41, 5.74) is 6.76. The second kappa shape index (κ2) is 5.95. The Balaban J connectivity index is 1.60. The van der Waals surface area contributed by atoms with Gasteiger partial charge in [0.15, 0.2) is 0 Å². The first-order chi connectivity index (χ1) is 15.3. The minimum Gasteiger partial charge on any atom is -0.341 e.